The molecule has 2 unspecified atom stereocenters. The Morgan fingerprint density at radius 1 is 1.31 bits per heavy atom. The summed E-state index contributed by atoms with van der Waals surface area (Å²) in [7, 11) is 0. The van der Waals surface area contributed by atoms with Gasteiger partial charge in [-0.15, -0.1) is 0 Å². The second-order valence-electron chi connectivity index (χ2n) is 3.98. The molecule has 13 heavy (non-hydrogen) atoms. The molecule has 0 saturated carbocycles. The Morgan fingerprint density at radius 2 is 2.08 bits per heavy atom. The number of hydrogen-bond donors (Lipinski definition) is 1. The number of aromatic amines is 1. The van der Waals surface area contributed by atoms with E-state index in [-0.39, 0.29) is 0 Å². The van der Waals surface area contributed by atoms with Crippen LogP contribution in [0.15, 0.2) is 18.3 Å². The summed E-state index contributed by atoms with van der Waals surface area (Å²) in [6.45, 7) is 6.88. The predicted octanol–water partition coefficient (Wildman–Crippen LogP) is 3.94. The molecule has 0 aliphatic heterocycles. The lowest BCUT2D eigenvalue weighted by Crippen LogP contribution is -2.03. The smallest absolute Gasteiger partial charge is 0.0178 e. The van der Waals surface area contributed by atoms with E-state index in [1.807, 2.05) is 6.20 Å². The zero-order valence-corrected chi connectivity index (χ0v) is 9.01. The van der Waals surface area contributed by atoms with Crippen molar-refractivity contribution in [1.82, 2.24) is 4.98 Å². The van der Waals surface area contributed by atoms with Crippen molar-refractivity contribution in [3.63, 3.8) is 0 Å². The molecular formula is C12H21N. The normalized spacial score (nSPS) is 15.6. The molecule has 74 valence electrons. The van der Waals surface area contributed by atoms with Gasteiger partial charge in [0.05, 0.1) is 0 Å². The summed E-state index contributed by atoms with van der Waals surface area (Å²) in [5.74, 6) is 1.57. The lowest BCUT2D eigenvalue weighted by molar-refractivity contribution is 0.442. The Bertz CT molecular complexity index is 213. The summed E-state index contributed by atoms with van der Waals surface area (Å²) < 4.78 is 0. The van der Waals surface area contributed by atoms with E-state index in [4.69, 9.17) is 0 Å². The molecule has 0 aromatic carbocycles. The van der Waals surface area contributed by atoms with Crippen LogP contribution in [-0.4, -0.2) is 4.98 Å². The molecule has 1 nitrogen and oxygen atoms in total. The van der Waals surface area contributed by atoms with Crippen LogP contribution in [0.1, 0.15) is 51.6 Å². The molecule has 0 saturated heterocycles. The largest absolute Gasteiger partial charge is 0.365 e. The third kappa shape index (κ3) is 2.91. The molecule has 1 N–H and O–H groups in total. The van der Waals surface area contributed by atoms with Crippen LogP contribution < -0.4 is 0 Å². The standard InChI is InChI=1S/C12H21N/c1-4-10(3)9-11(5-2)12-7-6-8-13-12/h6-8,10-11,13H,4-5,9H2,1-3H3. The highest BCUT2D eigenvalue weighted by molar-refractivity contribution is 5.09. The van der Waals surface area contributed by atoms with E-state index in [9.17, 15) is 0 Å². The Kier molecular flexibility index (Phi) is 4.07. The number of H-pyrrole nitrogens is 1. The first-order valence-electron chi connectivity index (χ1n) is 5.41. The minimum atomic E-state index is 0.727. The zero-order chi connectivity index (χ0) is 9.68. The lowest BCUT2D eigenvalue weighted by atomic mass is 9.90. The second kappa shape index (κ2) is 5.11. The SMILES string of the molecule is CCC(C)CC(CC)c1ccc[nH]1. The van der Waals surface area contributed by atoms with Crippen LogP contribution in [-0.2, 0) is 0 Å². The fraction of sp³-hybridized carbons (Fsp3) is 0.667. The van der Waals surface area contributed by atoms with Crippen molar-refractivity contribution in [3.8, 4) is 0 Å². The van der Waals surface area contributed by atoms with E-state index in [0.717, 1.165) is 11.8 Å². The van der Waals surface area contributed by atoms with Gasteiger partial charge in [-0.2, -0.15) is 0 Å². The Hall–Kier alpha value is -0.720. The Labute approximate surface area is 81.6 Å². The van der Waals surface area contributed by atoms with Crippen LogP contribution in [0.25, 0.3) is 0 Å². The quantitative estimate of drug-likeness (QED) is 0.704. The molecule has 0 aliphatic carbocycles. The maximum absolute atomic E-state index is 3.32. The van der Waals surface area contributed by atoms with Gasteiger partial charge < -0.3 is 4.98 Å². The van der Waals surface area contributed by atoms with Crippen LogP contribution in [0.4, 0.5) is 0 Å². The van der Waals surface area contributed by atoms with Crippen LogP contribution in [0, 0.1) is 5.92 Å². The first-order valence-corrected chi connectivity index (χ1v) is 5.41. The van der Waals surface area contributed by atoms with Crippen molar-refractivity contribution in [2.75, 3.05) is 0 Å². The zero-order valence-electron chi connectivity index (χ0n) is 9.01. The topological polar surface area (TPSA) is 15.8 Å². The van der Waals surface area contributed by atoms with Crippen molar-refractivity contribution in [1.29, 1.82) is 0 Å². The summed E-state index contributed by atoms with van der Waals surface area (Å²) in [6, 6.07) is 4.30. The van der Waals surface area contributed by atoms with Gasteiger partial charge in [-0.1, -0.05) is 27.2 Å². The van der Waals surface area contributed by atoms with E-state index in [1.165, 1.54) is 25.0 Å². The lowest BCUT2D eigenvalue weighted by Gasteiger charge is -2.17. The van der Waals surface area contributed by atoms with Gasteiger partial charge in [-0.3, -0.25) is 0 Å². The summed E-state index contributed by atoms with van der Waals surface area (Å²) in [5, 5.41) is 0. The fourth-order valence-electron chi connectivity index (χ4n) is 1.76. The van der Waals surface area contributed by atoms with Crippen molar-refractivity contribution in [2.45, 2.75) is 46.0 Å². The molecule has 0 spiro atoms. The van der Waals surface area contributed by atoms with Gasteiger partial charge >= 0.3 is 0 Å². The summed E-state index contributed by atoms with van der Waals surface area (Å²) >= 11 is 0. The van der Waals surface area contributed by atoms with Crippen LogP contribution >= 0.6 is 0 Å². The third-order valence-electron chi connectivity index (χ3n) is 2.94. The van der Waals surface area contributed by atoms with Gasteiger partial charge in [0.25, 0.3) is 0 Å². The van der Waals surface area contributed by atoms with Crippen molar-refractivity contribution < 1.29 is 0 Å². The average Bonchev–Trinajstić information content (AvgIpc) is 2.66. The summed E-state index contributed by atoms with van der Waals surface area (Å²) in [5.41, 5.74) is 1.41. The van der Waals surface area contributed by atoms with E-state index >= 15 is 0 Å². The number of rotatable bonds is 5. The average molecular weight is 179 g/mol. The van der Waals surface area contributed by atoms with Crippen LogP contribution in [0.5, 0.6) is 0 Å². The van der Waals surface area contributed by atoms with Crippen molar-refractivity contribution in [3.05, 3.63) is 24.0 Å². The third-order valence-corrected chi connectivity index (χ3v) is 2.94. The van der Waals surface area contributed by atoms with E-state index in [2.05, 4.69) is 37.9 Å². The van der Waals surface area contributed by atoms with Gasteiger partial charge in [0.1, 0.15) is 0 Å². The van der Waals surface area contributed by atoms with Crippen molar-refractivity contribution in [2.24, 2.45) is 5.92 Å². The monoisotopic (exact) mass is 179 g/mol. The van der Waals surface area contributed by atoms with Crippen molar-refractivity contribution >= 4 is 0 Å². The van der Waals surface area contributed by atoms with Gasteiger partial charge in [-0.05, 0) is 36.8 Å². The van der Waals surface area contributed by atoms with Gasteiger partial charge in [0.15, 0.2) is 0 Å². The predicted molar refractivity (Wildman–Crippen MR) is 57.9 cm³/mol. The molecular weight excluding hydrogens is 158 g/mol. The molecule has 1 heterocycles. The molecule has 1 heteroatoms. The van der Waals surface area contributed by atoms with Crippen LogP contribution in [0.2, 0.25) is 0 Å². The Morgan fingerprint density at radius 3 is 2.54 bits per heavy atom. The number of nitrogens with one attached hydrogen (secondary N) is 1. The summed E-state index contributed by atoms with van der Waals surface area (Å²) in [4.78, 5) is 3.32. The summed E-state index contributed by atoms with van der Waals surface area (Å²) in [6.07, 6.45) is 5.87. The minimum Gasteiger partial charge on any atom is -0.365 e. The fourth-order valence-corrected chi connectivity index (χ4v) is 1.76. The van der Waals surface area contributed by atoms with E-state index in [1.54, 1.807) is 0 Å². The van der Waals surface area contributed by atoms with Gasteiger partial charge in [0.2, 0.25) is 0 Å². The molecule has 1 rings (SSSR count). The molecule has 1 aromatic rings. The molecule has 1 aromatic heterocycles. The van der Waals surface area contributed by atoms with E-state index in [0.29, 0.717) is 0 Å². The van der Waals surface area contributed by atoms with Gasteiger partial charge in [-0.25, -0.2) is 0 Å². The Balaban J connectivity index is 2.53. The maximum Gasteiger partial charge on any atom is 0.0178 e. The molecule has 2 atom stereocenters. The maximum atomic E-state index is 3.32. The molecule has 0 fully saturated rings. The highest BCUT2D eigenvalue weighted by atomic mass is 14.7. The number of hydrogen-bond acceptors (Lipinski definition) is 0. The number of aromatic nitrogens is 1. The first kappa shape index (κ1) is 10.4. The highest BCUT2D eigenvalue weighted by Crippen LogP contribution is 2.26. The molecule has 0 amide bonds. The molecule has 0 bridgehead atoms. The molecule has 0 aliphatic rings. The second-order valence-corrected chi connectivity index (χ2v) is 3.98. The van der Waals surface area contributed by atoms with Gasteiger partial charge in [0, 0.05) is 11.9 Å². The van der Waals surface area contributed by atoms with E-state index < -0.39 is 0 Å². The van der Waals surface area contributed by atoms with Crippen LogP contribution in [0.3, 0.4) is 0 Å². The first-order chi connectivity index (χ1) is 6.27. The highest BCUT2D eigenvalue weighted by Gasteiger charge is 2.12. The molecule has 0 radical (unpaired) electrons. The minimum absolute atomic E-state index is 0.727.